The molecule has 0 unspecified atom stereocenters. The molecule has 0 aliphatic carbocycles. The fraction of sp³-hybridized carbons (Fsp3) is 0.0690. The molecule has 12 heteroatoms. The summed E-state index contributed by atoms with van der Waals surface area (Å²) >= 11 is 2.10. The van der Waals surface area contributed by atoms with Gasteiger partial charge in [-0.2, -0.15) is 0 Å². The van der Waals surface area contributed by atoms with E-state index < -0.39 is 5.91 Å². The highest BCUT2D eigenvalue weighted by molar-refractivity contribution is 8.19. The molecule has 4 aromatic rings. The number of para-hydroxylation sites is 1. The van der Waals surface area contributed by atoms with E-state index in [-0.39, 0.29) is 32.7 Å². The average molecular weight is 586 g/mol. The minimum atomic E-state index is -0.538. The van der Waals surface area contributed by atoms with Crippen molar-refractivity contribution in [2.75, 3.05) is 17.3 Å². The first kappa shape index (κ1) is 27.6. The van der Waals surface area contributed by atoms with E-state index in [2.05, 4.69) is 20.8 Å². The van der Waals surface area contributed by atoms with Gasteiger partial charge in [-0.25, -0.2) is 10.4 Å². The number of phenolic OH excluding ortho intramolecular Hbond substituents is 1. The lowest BCUT2D eigenvalue weighted by Gasteiger charge is -2.15. The van der Waals surface area contributed by atoms with Crippen molar-refractivity contribution >= 4 is 62.9 Å². The van der Waals surface area contributed by atoms with Crippen LogP contribution in [-0.2, 0) is 4.79 Å². The van der Waals surface area contributed by atoms with Crippen molar-refractivity contribution in [1.82, 2.24) is 10.4 Å². The number of amides is 3. The van der Waals surface area contributed by atoms with Gasteiger partial charge in [0, 0.05) is 5.56 Å². The maximum absolute atomic E-state index is 13.4. The quantitative estimate of drug-likeness (QED) is 0.200. The van der Waals surface area contributed by atoms with Gasteiger partial charge in [-0.05, 0) is 78.9 Å². The van der Waals surface area contributed by atoms with Crippen molar-refractivity contribution in [2.24, 2.45) is 5.10 Å². The maximum Gasteiger partial charge on any atom is 0.283 e. The molecule has 1 aliphatic rings. The van der Waals surface area contributed by atoms with E-state index in [1.807, 2.05) is 6.07 Å². The molecule has 1 aromatic heterocycles. The number of methoxy groups -OCH3 is 1. The molecule has 1 fully saturated rings. The topological polar surface area (TPSA) is 133 Å². The summed E-state index contributed by atoms with van der Waals surface area (Å²) in [5.74, 6) is -0.532. The molecule has 0 saturated carbocycles. The number of phenols is 1. The van der Waals surface area contributed by atoms with Gasteiger partial charge in [-0.15, -0.1) is 5.10 Å². The van der Waals surface area contributed by atoms with E-state index in [9.17, 15) is 19.5 Å². The number of aryl methyl sites for hydroxylation is 1. The lowest BCUT2D eigenvalue weighted by molar-refractivity contribution is -0.113. The maximum atomic E-state index is 13.4. The van der Waals surface area contributed by atoms with Crippen LogP contribution in [0.25, 0.3) is 6.08 Å². The summed E-state index contributed by atoms with van der Waals surface area (Å²) in [4.78, 5) is 45.4. The summed E-state index contributed by atoms with van der Waals surface area (Å²) < 4.78 is 5.11. The summed E-state index contributed by atoms with van der Waals surface area (Å²) in [5.41, 5.74) is 4.56. The minimum absolute atomic E-state index is 0.0790. The molecule has 10 nitrogen and oxygen atoms in total. The molecule has 0 bridgehead atoms. The van der Waals surface area contributed by atoms with Gasteiger partial charge in [-0.1, -0.05) is 41.7 Å². The summed E-state index contributed by atoms with van der Waals surface area (Å²) in [5, 5.41) is 17.3. The number of hydrogen-bond donors (Lipinski definition) is 3. The molecule has 41 heavy (non-hydrogen) atoms. The van der Waals surface area contributed by atoms with Crippen molar-refractivity contribution < 1.29 is 24.2 Å². The van der Waals surface area contributed by atoms with Gasteiger partial charge in [0.2, 0.25) is 0 Å². The largest absolute Gasteiger partial charge is 0.508 e. The van der Waals surface area contributed by atoms with Gasteiger partial charge in [0.25, 0.3) is 17.7 Å². The number of ether oxygens (including phenoxy) is 1. The first-order valence-corrected chi connectivity index (χ1v) is 13.8. The van der Waals surface area contributed by atoms with Gasteiger partial charge >= 0.3 is 0 Å². The SMILES string of the molecule is COc1ccc(C(=O)Nc2nc(C)c(C(=O)N/N=C3/S/C(=C/c4cccc(O)c4)C(=O)N3c3ccccc3)s2)cc1. The van der Waals surface area contributed by atoms with Crippen LogP contribution >= 0.6 is 23.1 Å². The van der Waals surface area contributed by atoms with Gasteiger partial charge in [-0.3, -0.25) is 24.6 Å². The number of aromatic hydroxyl groups is 1. The van der Waals surface area contributed by atoms with Crippen molar-refractivity contribution in [3.63, 3.8) is 0 Å². The second kappa shape index (κ2) is 12.1. The van der Waals surface area contributed by atoms with Crippen molar-refractivity contribution in [2.45, 2.75) is 6.92 Å². The van der Waals surface area contributed by atoms with Crippen LogP contribution in [0.1, 0.15) is 31.3 Å². The summed E-state index contributed by atoms with van der Waals surface area (Å²) in [6.07, 6.45) is 1.65. The Morgan fingerprint density at radius 3 is 2.49 bits per heavy atom. The Bertz CT molecular complexity index is 1680. The van der Waals surface area contributed by atoms with Gasteiger partial charge < -0.3 is 9.84 Å². The molecule has 0 radical (unpaired) electrons. The van der Waals surface area contributed by atoms with Gasteiger partial charge in [0.05, 0.1) is 23.4 Å². The summed E-state index contributed by atoms with van der Waals surface area (Å²) in [7, 11) is 1.54. The number of hydrogen-bond acceptors (Lipinski definition) is 9. The van der Waals surface area contributed by atoms with Crippen molar-refractivity contribution in [1.29, 1.82) is 0 Å². The lowest BCUT2D eigenvalue weighted by atomic mass is 10.2. The number of carbonyl (C=O) groups is 3. The number of anilines is 2. The number of rotatable bonds is 7. The average Bonchev–Trinajstić information content (AvgIpc) is 3.50. The Labute approximate surface area is 243 Å². The lowest BCUT2D eigenvalue weighted by Crippen LogP contribution is -2.31. The molecular formula is C29H23N5O5S2. The van der Waals surface area contributed by atoms with Crippen LogP contribution in [0.4, 0.5) is 10.8 Å². The summed E-state index contributed by atoms with van der Waals surface area (Å²) in [6, 6.07) is 22.1. The molecule has 206 valence electrons. The van der Waals surface area contributed by atoms with E-state index in [0.29, 0.717) is 33.2 Å². The zero-order valence-corrected chi connectivity index (χ0v) is 23.5. The molecule has 3 aromatic carbocycles. The predicted molar refractivity (Wildman–Crippen MR) is 160 cm³/mol. The Morgan fingerprint density at radius 2 is 1.78 bits per heavy atom. The third-order valence-electron chi connectivity index (χ3n) is 5.82. The first-order chi connectivity index (χ1) is 19.8. The molecule has 3 N–H and O–H groups in total. The van der Waals surface area contributed by atoms with Crippen LogP contribution in [0.3, 0.4) is 0 Å². The monoisotopic (exact) mass is 585 g/mol. The standard InChI is InChI=1S/C29H23N5O5S2/c1-17-24(41-28(30-17)31-25(36)19-11-13-22(39-2)14-12-19)26(37)32-33-29-34(20-8-4-3-5-9-20)27(38)23(40-29)16-18-7-6-10-21(35)15-18/h3-16,35H,1-2H3,(H,32,37)(H,30,31,36)/b23-16+,33-29+. The molecule has 5 rings (SSSR count). The Balaban J connectivity index is 1.35. The van der Waals surface area contributed by atoms with E-state index in [1.165, 1.54) is 4.90 Å². The normalized spacial score (nSPS) is 14.9. The Kier molecular flexibility index (Phi) is 8.13. The zero-order valence-electron chi connectivity index (χ0n) is 21.8. The Hall–Kier alpha value is -4.94. The molecular weight excluding hydrogens is 562 g/mol. The number of nitrogens with one attached hydrogen (secondary N) is 2. The fourth-order valence-electron chi connectivity index (χ4n) is 3.84. The van der Waals surface area contributed by atoms with Crippen LogP contribution in [0.2, 0.25) is 0 Å². The van der Waals surface area contributed by atoms with Crippen LogP contribution in [-0.4, -0.2) is 40.1 Å². The zero-order chi connectivity index (χ0) is 28.9. The first-order valence-electron chi connectivity index (χ1n) is 12.2. The molecule has 0 atom stereocenters. The molecule has 1 aliphatic heterocycles. The predicted octanol–water partition coefficient (Wildman–Crippen LogP) is 5.24. The van der Waals surface area contributed by atoms with Crippen LogP contribution < -0.4 is 20.4 Å². The number of carbonyl (C=O) groups excluding carboxylic acids is 3. The van der Waals surface area contributed by atoms with Gasteiger partial charge in [0.15, 0.2) is 10.3 Å². The number of benzene rings is 3. The summed E-state index contributed by atoms with van der Waals surface area (Å²) in [6.45, 7) is 1.65. The van der Waals surface area contributed by atoms with Crippen molar-refractivity contribution in [3.05, 3.63) is 105 Å². The highest BCUT2D eigenvalue weighted by Crippen LogP contribution is 2.36. The smallest absolute Gasteiger partial charge is 0.283 e. The molecule has 2 heterocycles. The fourth-order valence-corrected chi connectivity index (χ4v) is 5.63. The van der Waals surface area contributed by atoms with E-state index in [0.717, 1.165) is 23.1 Å². The molecule has 3 amide bonds. The van der Waals surface area contributed by atoms with Crippen LogP contribution in [0.5, 0.6) is 11.5 Å². The van der Waals surface area contributed by atoms with Crippen LogP contribution in [0.15, 0.2) is 88.9 Å². The second-order valence-corrected chi connectivity index (χ2v) is 10.6. The van der Waals surface area contributed by atoms with Gasteiger partial charge in [0.1, 0.15) is 16.4 Å². The number of aromatic nitrogens is 1. The number of thiazole rings is 1. The number of nitrogens with zero attached hydrogens (tertiary/aromatic N) is 3. The van der Waals surface area contributed by atoms with Crippen LogP contribution in [0, 0.1) is 6.92 Å². The minimum Gasteiger partial charge on any atom is -0.508 e. The van der Waals surface area contributed by atoms with E-state index >= 15 is 0 Å². The highest BCUT2D eigenvalue weighted by Gasteiger charge is 2.35. The highest BCUT2D eigenvalue weighted by atomic mass is 32.2. The third-order valence-corrected chi connectivity index (χ3v) is 7.86. The molecule has 1 saturated heterocycles. The van der Waals surface area contributed by atoms with E-state index in [4.69, 9.17) is 4.74 Å². The number of hydrazone groups is 1. The second-order valence-electron chi connectivity index (χ2n) is 8.63. The number of thioether (sulfide) groups is 1. The van der Waals surface area contributed by atoms with Crippen molar-refractivity contribution in [3.8, 4) is 11.5 Å². The van der Waals surface area contributed by atoms with E-state index in [1.54, 1.807) is 92.9 Å². The third kappa shape index (κ3) is 6.29. The number of amidine groups is 1. The Morgan fingerprint density at radius 1 is 1.02 bits per heavy atom. The molecule has 0 spiro atoms.